The SMILES string of the molecule is COC(=O)C1CCN(C(=O)CCOc2ccccc2C)C1. The van der Waals surface area contributed by atoms with Crippen molar-refractivity contribution in [1.82, 2.24) is 4.90 Å². The van der Waals surface area contributed by atoms with Gasteiger partial charge < -0.3 is 14.4 Å². The second-order valence-electron chi connectivity index (χ2n) is 5.21. The van der Waals surface area contributed by atoms with E-state index in [-0.39, 0.29) is 17.8 Å². The highest BCUT2D eigenvalue weighted by Gasteiger charge is 2.31. The first-order valence-electron chi connectivity index (χ1n) is 7.16. The average Bonchev–Trinajstić information content (AvgIpc) is 2.98. The molecule has 21 heavy (non-hydrogen) atoms. The molecule has 0 spiro atoms. The molecule has 1 amide bonds. The van der Waals surface area contributed by atoms with Crippen LogP contribution in [-0.4, -0.2) is 43.6 Å². The first kappa shape index (κ1) is 15.4. The van der Waals surface area contributed by atoms with Crippen LogP contribution in [0.15, 0.2) is 24.3 Å². The third kappa shape index (κ3) is 3.97. The molecule has 1 aromatic carbocycles. The van der Waals surface area contributed by atoms with Crippen molar-refractivity contribution in [2.45, 2.75) is 19.8 Å². The third-order valence-electron chi connectivity index (χ3n) is 3.74. The number of nitrogens with zero attached hydrogens (tertiary/aromatic N) is 1. The second-order valence-corrected chi connectivity index (χ2v) is 5.21. The number of aryl methyl sites for hydroxylation is 1. The van der Waals surface area contributed by atoms with Crippen LogP contribution in [0.2, 0.25) is 0 Å². The maximum absolute atomic E-state index is 12.1. The highest BCUT2D eigenvalue weighted by atomic mass is 16.5. The van der Waals surface area contributed by atoms with Crippen molar-refractivity contribution in [3.05, 3.63) is 29.8 Å². The minimum atomic E-state index is -0.235. The fourth-order valence-electron chi connectivity index (χ4n) is 2.47. The molecule has 1 unspecified atom stereocenters. The quantitative estimate of drug-likeness (QED) is 0.776. The summed E-state index contributed by atoms with van der Waals surface area (Å²) in [5.41, 5.74) is 1.05. The zero-order valence-electron chi connectivity index (χ0n) is 12.5. The molecule has 1 aromatic rings. The summed E-state index contributed by atoms with van der Waals surface area (Å²) in [5.74, 6) is 0.409. The Morgan fingerprint density at radius 2 is 2.10 bits per heavy atom. The van der Waals surface area contributed by atoms with Crippen molar-refractivity contribution in [3.63, 3.8) is 0 Å². The fraction of sp³-hybridized carbons (Fsp3) is 0.500. The van der Waals surface area contributed by atoms with Gasteiger partial charge in [0.05, 0.1) is 26.1 Å². The van der Waals surface area contributed by atoms with Gasteiger partial charge in [-0.25, -0.2) is 0 Å². The number of ether oxygens (including phenoxy) is 2. The van der Waals surface area contributed by atoms with Gasteiger partial charge in [0.1, 0.15) is 5.75 Å². The van der Waals surface area contributed by atoms with Gasteiger partial charge in [-0.2, -0.15) is 0 Å². The molecule has 0 N–H and O–H groups in total. The van der Waals surface area contributed by atoms with Gasteiger partial charge in [-0.3, -0.25) is 9.59 Å². The summed E-state index contributed by atoms with van der Waals surface area (Å²) in [6.07, 6.45) is 0.999. The van der Waals surface area contributed by atoms with Crippen molar-refractivity contribution in [2.24, 2.45) is 5.92 Å². The van der Waals surface area contributed by atoms with Gasteiger partial charge in [-0.15, -0.1) is 0 Å². The lowest BCUT2D eigenvalue weighted by atomic mass is 10.1. The van der Waals surface area contributed by atoms with Crippen molar-refractivity contribution in [3.8, 4) is 5.75 Å². The smallest absolute Gasteiger partial charge is 0.310 e. The Bertz CT molecular complexity index is 515. The van der Waals surface area contributed by atoms with Gasteiger partial charge in [0.25, 0.3) is 0 Å². The van der Waals surface area contributed by atoms with Crippen LogP contribution in [0.25, 0.3) is 0 Å². The molecule has 1 aliphatic rings. The lowest BCUT2D eigenvalue weighted by molar-refractivity contribution is -0.145. The summed E-state index contributed by atoms with van der Waals surface area (Å²) in [6, 6.07) is 7.72. The Balaban J connectivity index is 1.76. The minimum absolute atomic E-state index is 0.0231. The monoisotopic (exact) mass is 291 g/mol. The largest absolute Gasteiger partial charge is 0.493 e. The predicted molar refractivity (Wildman–Crippen MR) is 78.0 cm³/mol. The summed E-state index contributed by atoms with van der Waals surface area (Å²) < 4.78 is 10.3. The van der Waals surface area contributed by atoms with Crippen LogP contribution in [0.3, 0.4) is 0 Å². The van der Waals surface area contributed by atoms with Gasteiger partial charge in [-0.05, 0) is 25.0 Å². The maximum Gasteiger partial charge on any atom is 0.310 e. The maximum atomic E-state index is 12.1. The van der Waals surface area contributed by atoms with Gasteiger partial charge in [-0.1, -0.05) is 18.2 Å². The zero-order chi connectivity index (χ0) is 15.2. The summed E-state index contributed by atoms with van der Waals surface area (Å²) in [4.78, 5) is 25.2. The van der Waals surface area contributed by atoms with Crippen molar-refractivity contribution < 1.29 is 19.1 Å². The van der Waals surface area contributed by atoms with Crippen molar-refractivity contribution >= 4 is 11.9 Å². The number of methoxy groups -OCH3 is 1. The molecule has 2 rings (SSSR count). The lowest BCUT2D eigenvalue weighted by Gasteiger charge is -2.16. The molecule has 1 fully saturated rings. The van der Waals surface area contributed by atoms with E-state index in [1.807, 2.05) is 31.2 Å². The van der Waals surface area contributed by atoms with Crippen LogP contribution in [0.5, 0.6) is 5.75 Å². The van der Waals surface area contributed by atoms with Crippen molar-refractivity contribution in [1.29, 1.82) is 0 Å². The van der Waals surface area contributed by atoms with E-state index in [0.29, 0.717) is 32.5 Å². The molecular weight excluding hydrogens is 270 g/mol. The van der Waals surface area contributed by atoms with E-state index < -0.39 is 0 Å². The molecule has 0 saturated carbocycles. The van der Waals surface area contributed by atoms with E-state index in [1.165, 1.54) is 7.11 Å². The van der Waals surface area contributed by atoms with E-state index in [1.54, 1.807) is 4.90 Å². The number of esters is 1. The lowest BCUT2D eigenvalue weighted by Crippen LogP contribution is -2.31. The van der Waals surface area contributed by atoms with E-state index in [2.05, 4.69) is 0 Å². The van der Waals surface area contributed by atoms with Crippen LogP contribution in [0.1, 0.15) is 18.4 Å². The number of hydrogen-bond donors (Lipinski definition) is 0. The number of benzene rings is 1. The van der Waals surface area contributed by atoms with E-state index in [9.17, 15) is 9.59 Å². The Morgan fingerprint density at radius 1 is 1.33 bits per heavy atom. The first-order chi connectivity index (χ1) is 10.1. The highest BCUT2D eigenvalue weighted by Crippen LogP contribution is 2.19. The van der Waals surface area contributed by atoms with Crippen LogP contribution < -0.4 is 4.74 Å². The molecule has 0 aromatic heterocycles. The normalized spacial score (nSPS) is 17.6. The highest BCUT2D eigenvalue weighted by molar-refractivity contribution is 5.79. The van der Waals surface area contributed by atoms with Gasteiger partial charge in [0, 0.05) is 13.1 Å². The summed E-state index contributed by atoms with van der Waals surface area (Å²) in [5, 5.41) is 0. The second kappa shape index (κ2) is 7.11. The molecule has 1 atom stereocenters. The molecule has 0 bridgehead atoms. The van der Waals surface area contributed by atoms with Crippen LogP contribution in [-0.2, 0) is 14.3 Å². The zero-order valence-corrected chi connectivity index (χ0v) is 12.5. The Labute approximate surface area is 124 Å². The number of para-hydroxylation sites is 1. The number of carbonyl (C=O) groups is 2. The molecule has 5 heteroatoms. The van der Waals surface area contributed by atoms with E-state index in [0.717, 1.165) is 11.3 Å². The molecule has 5 nitrogen and oxygen atoms in total. The van der Waals surface area contributed by atoms with Gasteiger partial charge in [0.2, 0.25) is 5.91 Å². The molecule has 1 aliphatic heterocycles. The van der Waals surface area contributed by atoms with E-state index in [4.69, 9.17) is 9.47 Å². The number of amides is 1. The molecule has 1 heterocycles. The molecular formula is C16H21NO4. The molecule has 0 radical (unpaired) electrons. The predicted octanol–water partition coefficient (Wildman–Crippen LogP) is 1.79. The molecule has 1 saturated heterocycles. The third-order valence-corrected chi connectivity index (χ3v) is 3.74. The number of carbonyl (C=O) groups excluding carboxylic acids is 2. The Kier molecular flexibility index (Phi) is 5.20. The summed E-state index contributed by atoms with van der Waals surface area (Å²) in [6.45, 7) is 3.39. The Morgan fingerprint density at radius 3 is 2.81 bits per heavy atom. The topological polar surface area (TPSA) is 55.8 Å². The molecule has 114 valence electrons. The van der Waals surface area contributed by atoms with Crippen LogP contribution >= 0.6 is 0 Å². The van der Waals surface area contributed by atoms with Crippen LogP contribution in [0.4, 0.5) is 0 Å². The first-order valence-corrected chi connectivity index (χ1v) is 7.16. The van der Waals surface area contributed by atoms with Crippen LogP contribution in [0, 0.1) is 12.8 Å². The summed E-state index contributed by atoms with van der Waals surface area (Å²) in [7, 11) is 1.38. The number of rotatable bonds is 5. The minimum Gasteiger partial charge on any atom is -0.493 e. The standard InChI is InChI=1S/C16H21NO4/c1-12-5-3-4-6-14(12)21-10-8-15(18)17-9-7-13(11-17)16(19)20-2/h3-6,13H,7-11H2,1-2H3. The Hall–Kier alpha value is -2.04. The van der Waals surface area contributed by atoms with Crippen molar-refractivity contribution in [2.75, 3.05) is 26.8 Å². The average molecular weight is 291 g/mol. The number of likely N-dealkylation sites (tertiary alicyclic amines) is 1. The summed E-state index contributed by atoms with van der Waals surface area (Å²) >= 11 is 0. The number of hydrogen-bond acceptors (Lipinski definition) is 4. The fourth-order valence-corrected chi connectivity index (χ4v) is 2.47. The molecule has 0 aliphatic carbocycles. The van der Waals surface area contributed by atoms with E-state index >= 15 is 0 Å². The van der Waals surface area contributed by atoms with Gasteiger partial charge in [0.15, 0.2) is 0 Å². The van der Waals surface area contributed by atoms with Gasteiger partial charge >= 0.3 is 5.97 Å².